The predicted molar refractivity (Wildman–Crippen MR) is 59.7 cm³/mol. The van der Waals surface area contributed by atoms with Crippen molar-refractivity contribution in [2.24, 2.45) is 5.92 Å². The fourth-order valence-electron chi connectivity index (χ4n) is 1.72. The van der Waals surface area contributed by atoms with Crippen molar-refractivity contribution in [3.8, 4) is 0 Å². The first-order valence-electron chi connectivity index (χ1n) is 5.69. The maximum atomic E-state index is 11.6. The highest BCUT2D eigenvalue weighted by atomic mass is 16.5. The Morgan fingerprint density at radius 1 is 1.60 bits per heavy atom. The Bertz CT molecular complexity index is 203. The zero-order chi connectivity index (χ0) is 11.3. The Morgan fingerprint density at radius 2 is 2.27 bits per heavy atom. The lowest BCUT2D eigenvalue weighted by Gasteiger charge is -2.42. The molecule has 0 radical (unpaired) electrons. The second-order valence-electron chi connectivity index (χ2n) is 4.19. The third-order valence-corrected chi connectivity index (χ3v) is 3.10. The molecule has 1 aliphatic rings. The van der Waals surface area contributed by atoms with Gasteiger partial charge in [0.05, 0.1) is 12.5 Å². The molecule has 1 saturated heterocycles. The molecule has 0 aromatic rings. The van der Waals surface area contributed by atoms with Crippen molar-refractivity contribution in [2.45, 2.75) is 26.3 Å². The Hall–Kier alpha value is -0.610. The average Bonchev–Trinajstić information content (AvgIpc) is 2.15. The number of hydrogen-bond donors (Lipinski definition) is 1. The average molecular weight is 214 g/mol. The van der Waals surface area contributed by atoms with Crippen LogP contribution in [0.5, 0.6) is 0 Å². The van der Waals surface area contributed by atoms with Gasteiger partial charge >= 0.3 is 0 Å². The standard InChI is InChI=1S/C11H22N2O2/c1-4-9(2)13-7-10(8-13)11(14)12-5-6-15-3/h9-10H,4-8H2,1-3H3,(H,12,14). The van der Waals surface area contributed by atoms with Gasteiger partial charge in [-0.1, -0.05) is 6.92 Å². The molecule has 1 aliphatic heterocycles. The number of nitrogens with zero attached hydrogens (tertiary/aromatic N) is 1. The molecular formula is C11H22N2O2. The molecule has 88 valence electrons. The maximum absolute atomic E-state index is 11.6. The van der Waals surface area contributed by atoms with Crippen LogP contribution in [0.1, 0.15) is 20.3 Å². The highest BCUT2D eigenvalue weighted by Gasteiger charge is 2.34. The molecule has 1 rings (SSSR count). The van der Waals surface area contributed by atoms with Gasteiger partial charge in [0.15, 0.2) is 0 Å². The van der Waals surface area contributed by atoms with Crippen molar-refractivity contribution in [1.29, 1.82) is 0 Å². The van der Waals surface area contributed by atoms with Crippen molar-refractivity contribution in [1.82, 2.24) is 10.2 Å². The SMILES string of the molecule is CCC(C)N1CC(C(=O)NCCOC)C1. The molecule has 0 aromatic carbocycles. The highest BCUT2D eigenvalue weighted by Crippen LogP contribution is 2.19. The van der Waals surface area contributed by atoms with Gasteiger partial charge in [-0.25, -0.2) is 0 Å². The van der Waals surface area contributed by atoms with Gasteiger partial charge in [-0.2, -0.15) is 0 Å². The van der Waals surface area contributed by atoms with Crippen LogP contribution >= 0.6 is 0 Å². The molecule has 0 saturated carbocycles. The van der Waals surface area contributed by atoms with Crippen LogP contribution in [0.2, 0.25) is 0 Å². The van der Waals surface area contributed by atoms with Crippen LogP contribution in [0.25, 0.3) is 0 Å². The summed E-state index contributed by atoms with van der Waals surface area (Å²) < 4.78 is 4.88. The summed E-state index contributed by atoms with van der Waals surface area (Å²) in [7, 11) is 1.64. The summed E-state index contributed by atoms with van der Waals surface area (Å²) in [5.74, 6) is 0.363. The number of nitrogens with one attached hydrogen (secondary N) is 1. The predicted octanol–water partition coefficient (Wildman–Crippen LogP) is 0.479. The van der Waals surface area contributed by atoms with E-state index in [-0.39, 0.29) is 11.8 Å². The molecule has 1 unspecified atom stereocenters. The topological polar surface area (TPSA) is 41.6 Å². The fraction of sp³-hybridized carbons (Fsp3) is 0.909. The molecule has 0 aliphatic carbocycles. The number of carbonyl (C=O) groups excluding carboxylic acids is 1. The van der Waals surface area contributed by atoms with Gasteiger partial charge in [0.2, 0.25) is 5.91 Å². The molecule has 1 heterocycles. The van der Waals surface area contributed by atoms with E-state index < -0.39 is 0 Å². The van der Waals surface area contributed by atoms with E-state index in [1.165, 1.54) is 0 Å². The molecule has 4 nitrogen and oxygen atoms in total. The van der Waals surface area contributed by atoms with E-state index in [0.29, 0.717) is 19.2 Å². The second-order valence-corrected chi connectivity index (χ2v) is 4.19. The maximum Gasteiger partial charge on any atom is 0.225 e. The van der Waals surface area contributed by atoms with Crippen LogP contribution in [-0.4, -0.2) is 50.2 Å². The van der Waals surface area contributed by atoms with Crippen LogP contribution in [0.4, 0.5) is 0 Å². The van der Waals surface area contributed by atoms with E-state index in [0.717, 1.165) is 19.5 Å². The third kappa shape index (κ3) is 3.47. The number of methoxy groups -OCH3 is 1. The first-order valence-corrected chi connectivity index (χ1v) is 5.69. The van der Waals surface area contributed by atoms with Crippen LogP contribution in [0.3, 0.4) is 0 Å². The molecule has 15 heavy (non-hydrogen) atoms. The molecular weight excluding hydrogens is 192 g/mol. The van der Waals surface area contributed by atoms with Crippen molar-refractivity contribution in [3.05, 3.63) is 0 Å². The lowest BCUT2D eigenvalue weighted by molar-refractivity contribution is -0.131. The largest absolute Gasteiger partial charge is 0.383 e. The second kappa shape index (κ2) is 6.08. The molecule has 0 bridgehead atoms. The van der Waals surface area contributed by atoms with Gasteiger partial charge in [-0.05, 0) is 13.3 Å². The van der Waals surface area contributed by atoms with Gasteiger partial charge in [0, 0.05) is 32.8 Å². The number of amides is 1. The zero-order valence-electron chi connectivity index (χ0n) is 9.95. The lowest BCUT2D eigenvalue weighted by Crippen LogP contribution is -2.56. The van der Waals surface area contributed by atoms with E-state index in [1.54, 1.807) is 7.11 Å². The van der Waals surface area contributed by atoms with Crippen LogP contribution in [0, 0.1) is 5.92 Å². The summed E-state index contributed by atoms with van der Waals surface area (Å²) in [5.41, 5.74) is 0. The molecule has 1 fully saturated rings. The van der Waals surface area contributed by atoms with E-state index in [4.69, 9.17) is 4.74 Å². The number of rotatable bonds is 6. The zero-order valence-corrected chi connectivity index (χ0v) is 9.95. The number of ether oxygens (including phenoxy) is 1. The number of likely N-dealkylation sites (tertiary alicyclic amines) is 1. The first kappa shape index (κ1) is 12.5. The quantitative estimate of drug-likeness (QED) is 0.654. The molecule has 0 aromatic heterocycles. The smallest absolute Gasteiger partial charge is 0.225 e. The van der Waals surface area contributed by atoms with Gasteiger partial charge in [0.1, 0.15) is 0 Å². The summed E-state index contributed by atoms with van der Waals surface area (Å²) in [6, 6.07) is 0.605. The highest BCUT2D eigenvalue weighted by molar-refractivity contribution is 5.80. The van der Waals surface area contributed by atoms with E-state index in [1.807, 2.05) is 0 Å². The third-order valence-electron chi connectivity index (χ3n) is 3.10. The minimum absolute atomic E-state index is 0.173. The summed E-state index contributed by atoms with van der Waals surface area (Å²) in [6.45, 7) is 7.42. The van der Waals surface area contributed by atoms with Crippen LogP contribution in [-0.2, 0) is 9.53 Å². The monoisotopic (exact) mass is 214 g/mol. The number of carbonyl (C=O) groups is 1. The normalized spacial score (nSPS) is 19.7. The molecule has 0 spiro atoms. The van der Waals surface area contributed by atoms with Crippen LogP contribution < -0.4 is 5.32 Å². The molecule has 1 amide bonds. The lowest BCUT2D eigenvalue weighted by atomic mass is 9.96. The Balaban J connectivity index is 2.12. The van der Waals surface area contributed by atoms with Gasteiger partial charge in [0.25, 0.3) is 0 Å². The minimum atomic E-state index is 0.173. The first-order chi connectivity index (χ1) is 7.19. The Labute approximate surface area is 92.0 Å². The summed E-state index contributed by atoms with van der Waals surface area (Å²) in [4.78, 5) is 13.9. The van der Waals surface area contributed by atoms with Crippen molar-refractivity contribution in [2.75, 3.05) is 33.4 Å². The van der Waals surface area contributed by atoms with Gasteiger partial charge in [-0.15, -0.1) is 0 Å². The van der Waals surface area contributed by atoms with E-state index in [2.05, 4.69) is 24.1 Å². The molecule has 4 heteroatoms. The van der Waals surface area contributed by atoms with Crippen molar-refractivity contribution < 1.29 is 9.53 Å². The van der Waals surface area contributed by atoms with E-state index in [9.17, 15) is 4.79 Å². The molecule has 1 N–H and O–H groups in total. The van der Waals surface area contributed by atoms with E-state index >= 15 is 0 Å². The fourth-order valence-corrected chi connectivity index (χ4v) is 1.72. The van der Waals surface area contributed by atoms with Gasteiger partial charge in [-0.3, -0.25) is 9.69 Å². The minimum Gasteiger partial charge on any atom is -0.383 e. The Morgan fingerprint density at radius 3 is 2.80 bits per heavy atom. The summed E-state index contributed by atoms with van der Waals surface area (Å²) in [6.07, 6.45) is 1.15. The molecule has 1 atom stereocenters. The Kier molecular flexibility index (Phi) is 5.05. The summed E-state index contributed by atoms with van der Waals surface area (Å²) in [5, 5.41) is 2.87. The van der Waals surface area contributed by atoms with Crippen molar-refractivity contribution >= 4 is 5.91 Å². The number of hydrogen-bond acceptors (Lipinski definition) is 3. The van der Waals surface area contributed by atoms with Crippen LogP contribution in [0.15, 0.2) is 0 Å². The van der Waals surface area contributed by atoms with Crippen molar-refractivity contribution in [3.63, 3.8) is 0 Å². The summed E-state index contributed by atoms with van der Waals surface area (Å²) >= 11 is 0. The van der Waals surface area contributed by atoms with Gasteiger partial charge < -0.3 is 10.1 Å².